The lowest BCUT2D eigenvalue weighted by atomic mass is 10.9. The third-order valence-corrected chi connectivity index (χ3v) is 0.128. The molecule has 0 spiro atoms. The van der Waals surface area contributed by atoms with Gasteiger partial charge in [0.1, 0.15) is 6.21 Å². The van der Waals surface area contributed by atoms with Crippen molar-refractivity contribution in [2.45, 2.75) is 0 Å². The Morgan fingerprint density at radius 3 is 2.17 bits per heavy atom. The molecule has 0 aliphatic carbocycles. The van der Waals surface area contributed by atoms with Crippen molar-refractivity contribution in [3.05, 3.63) is 0 Å². The van der Waals surface area contributed by atoms with Crippen molar-refractivity contribution in [3.8, 4) is 0 Å². The number of aldehydes is 1. The Balaban J connectivity index is 0. The fourth-order valence-electron chi connectivity index (χ4n) is 0.0272. The van der Waals surface area contributed by atoms with Crippen LogP contribution in [-0.4, -0.2) is 17.7 Å². The fourth-order valence-corrected chi connectivity index (χ4v) is 0.0272. The second kappa shape index (κ2) is 8.83. The Morgan fingerprint density at radius 2 is 2.17 bits per heavy atom. The fraction of sp³-hybridized carbons (Fsp3) is 0. The molecule has 0 unspecified atom stereocenters. The van der Waals surface area contributed by atoms with E-state index in [2.05, 4.69) is 5.16 Å². The van der Waals surface area contributed by atoms with Crippen molar-refractivity contribution in [1.82, 2.24) is 0 Å². The normalized spacial score (nSPS) is 7.33. The predicted octanol–water partition coefficient (Wildman–Crippen LogP) is 0.0671. The number of halogens is 1. The van der Waals surface area contributed by atoms with Gasteiger partial charge in [-0.25, -0.2) is 0 Å². The summed E-state index contributed by atoms with van der Waals surface area (Å²) in [5.41, 5.74) is 0. The zero-order chi connectivity index (χ0) is 4.12. The SMILES string of the molecule is Cl.O=CC=NO. The van der Waals surface area contributed by atoms with E-state index in [4.69, 9.17) is 10.0 Å². The molecule has 0 radical (unpaired) electrons. The van der Waals surface area contributed by atoms with Gasteiger partial charge in [-0.05, 0) is 0 Å². The summed E-state index contributed by atoms with van der Waals surface area (Å²) in [5, 5.41) is 9.77. The number of hydrogen-bond donors (Lipinski definition) is 1. The van der Waals surface area contributed by atoms with Gasteiger partial charge < -0.3 is 5.21 Å². The largest absolute Gasteiger partial charge is 0.411 e. The molecule has 0 aliphatic rings. The van der Waals surface area contributed by atoms with Gasteiger partial charge in [-0.2, -0.15) is 0 Å². The van der Waals surface area contributed by atoms with Gasteiger partial charge in [0, 0.05) is 0 Å². The van der Waals surface area contributed by atoms with Gasteiger partial charge in [0.25, 0.3) is 0 Å². The number of nitrogens with zero attached hydrogens (tertiary/aromatic N) is 1. The standard InChI is InChI=1S/C2H3NO2.ClH/c4-2-1-3-5;/h1-2,5H;1H. The summed E-state index contributed by atoms with van der Waals surface area (Å²) in [5.74, 6) is 0. The van der Waals surface area contributed by atoms with Crippen LogP contribution < -0.4 is 0 Å². The van der Waals surface area contributed by atoms with Gasteiger partial charge >= 0.3 is 0 Å². The Bertz CT molecular complexity index is 53.5. The van der Waals surface area contributed by atoms with Crippen LogP contribution in [-0.2, 0) is 4.79 Å². The molecule has 4 heteroatoms. The lowest BCUT2D eigenvalue weighted by molar-refractivity contribution is -0.102. The summed E-state index contributed by atoms with van der Waals surface area (Å²) < 4.78 is 0. The van der Waals surface area contributed by atoms with Crippen LogP contribution in [0.15, 0.2) is 5.16 Å². The number of carbonyl (C=O) groups is 1. The van der Waals surface area contributed by atoms with Crippen molar-refractivity contribution >= 4 is 24.9 Å². The summed E-state index contributed by atoms with van der Waals surface area (Å²) in [7, 11) is 0. The van der Waals surface area contributed by atoms with Crippen LogP contribution in [0.3, 0.4) is 0 Å². The first-order valence-electron chi connectivity index (χ1n) is 1.03. The summed E-state index contributed by atoms with van der Waals surface area (Å²) in [4.78, 5) is 9.10. The quantitative estimate of drug-likeness (QED) is 0.224. The lowest BCUT2D eigenvalue weighted by Gasteiger charge is -1.54. The maximum Gasteiger partial charge on any atom is 0.164 e. The Kier molecular flexibility index (Phi) is 13.3. The van der Waals surface area contributed by atoms with Crippen molar-refractivity contribution in [1.29, 1.82) is 0 Å². The minimum Gasteiger partial charge on any atom is -0.411 e. The molecule has 0 fully saturated rings. The number of hydrogen-bond acceptors (Lipinski definition) is 3. The van der Waals surface area contributed by atoms with Gasteiger partial charge in [0.2, 0.25) is 0 Å². The van der Waals surface area contributed by atoms with Crippen LogP contribution in [0.2, 0.25) is 0 Å². The molecule has 0 aromatic carbocycles. The molecular weight excluding hydrogens is 105 g/mol. The van der Waals surface area contributed by atoms with Crippen LogP contribution in [0.5, 0.6) is 0 Å². The summed E-state index contributed by atoms with van der Waals surface area (Å²) in [6.07, 6.45) is 1.14. The molecule has 0 aliphatic heterocycles. The number of oxime groups is 1. The first-order chi connectivity index (χ1) is 2.41. The third kappa shape index (κ3) is 9.90. The number of carbonyl (C=O) groups excluding carboxylic acids is 1. The third-order valence-electron chi connectivity index (χ3n) is 0.128. The van der Waals surface area contributed by atoms with E-state index in [1.54, 1.807) is 0 Å². The smallest absolute Gasteiger partial charge is 0.164 e. The van der Waals surface area contributed by atoms with Crippen molar-refractivity contribution in [3.63, 3.8) is 0 Å². The Labute approximate surface area is 41.1 Å². The second-order valence-electron chi connectivity index (χ2n) is 0.401. The van der Waals surface area contributed by atoms with E-state index in [0.29, 0.717) is 6.29 Å². The predicted molar refractivity (Wildman–Crippen MR) is 23.6 cm³/mol. The lowest BCUT2D eigenvalue weighted by Crippen LogP contribution is -1.67. The van der Waals surface area contributed by atoms with Crippen LogP contribution in [0.25, 0.3) is 0 Å². The van der Waals surface area contributed by atoms with Gasteiger partial charge in [-0.15, -0.1) is 12.4 Å². The van der Waals surface area contributed by atoms with Crippen molar-refractivity contribution in [2.75, 3.05) is 0 Å². The molecule has 0 saturated carbocycles. The Hall–Kier alpha value is -0.570. The molecular formula is C2H4ClNO2. The second-order valence-corrected chi connectivity index (χ2v) is 0.401. The molecule has 0 heterocycles. The highest BCUT2D eigenvalue weighted by atomic mass is 35.5. The van der Waals surface area contributed by atoms with Crippen LogP contribution in [0, 0.1) is 0 Å². The van der Waals surface area contributed by atoms with Gasteiger partial charge in [-0.1, -0.05) is 5.16 Å². The maximum atomic E-state index is 9.10. The molecule has 0 aromatic rings. The average Bonchev–Trinajstić information content (AvgIpc) is 1.41. The molecule has 0 bridgehead atoms. The summed E-state index contributed by atoms with van der Waals surface area (Å²) in [6, 6.07) is 0. The maximum absolute atomic E-state index is 9.10. The molecule has 0 saturated heterocycles. The Morgan fingerprint density at radius 1 is 1.67 bits per heavy atom. The van der Waals surface area contributed by atoms with Crippen LogP contribution in [0.1, 0.15) is 0 Å². The molecule has 3 nitrogen and oxygen atoms in total. The first kappa shape index (κ1) is 9.06. The highest BCUT2D eigenvalue weighted by Gasteiger charge is 1.51. The molecule has 0 rings (SSSR count). The van der Waals surface area contributed by atoms with Gasteiger partial charge in [0.05, 0.1) is 0 Å². The minimum atomic E-state index is 0. The van der Waals surface area contributed by atoms with E-state index in [1.165, 1.54) is 0 Å². The van der Waals surface area contributed by atoms with E-state index < -0.39 is 0 Å². The van der Waals surface area contributed by atoms with Crippen LogP contribution >= 0.6 is 12.4 Å². The molecule has 6 heavy (non-hydrogen) atoms. The summed E-state index contributed by atoms with van der Waals surface area (Å²) >= 11 is 0. The molecule has 1 N–H and O–H groups in total. The van der Waals surface area contributed by atoms with Crippen LogP contribution in [0.4, 0.5) is 0 Å². The summed E-state index contributed by atoms with van der Waals surface area (Å²) in [6.45, 7) is 0. The zero-order valence-electron chi connectivity index (χ0n) is 2.87. The zero-order valence-corrected chi connectivity index (χ0v) is 3.68. The highest BCUT2D eigenvalue weighted by molar-refractivity contribution is 6.12. The van der Waals surface area contributed by atoms with Gasteiger partial charge in [0.15, 0.2) is 6.29 Å². The number of rotatable bonds is 1. The molecule has 0 aromatic heterocycles. The molecule has 0 atom stereocenters. The van der Waals surface area contributed by atoms with Crippen molar-refractivity contribution < 1.29 is 10.0 Å². The molecule has 36 valence electrons. The van der Waals surface area contributed by atoms with Crippen molar-refractivity contribution in [2.24, 2.45) is 5.16 Å². The highest BCUT2D eigenvalue weighted by Crippen LogP contribution is 1.36. The monoisotopic (exact) mass is 109 g/mol. The van der Waals surface area contributed by atoms with Gasteiger partial charge in [-0.3, -0.25) is 4.79 Å². The topological polar surface area (TPSA) is 49.7 Å². The van der Waals surface area contributed by atoms with E-state index in [-0.39, 0.29) is 12.4 Å². The van der Waals surface area contributed by atoms with E-state index in [0.717, 1.165) is 6.21 Å². The first-order valence-corrected chi connectivity index (χ1v) is 1.03. The molecule has 0 amide bonds. The average molecular weight is 110 g/mol. The van der Waals surface area contributed by atoms with E-state index >= 15 is 0 Å². The van der Waals surface area contributed by atoms with E-state index in [9.17, 15) is 0 Å². The minimum absolute atomic E-state index is 0. The van der Waals surface area contributed by atoms with E-state index in [1.807, 2.05) is 0 Å².